The molecule has 0 radical (unpaired) electrons. The Balaban J connectivity index is 1.45. The van der Waals surface area contributed by atoms with Crippen LogP contribution in [0.4, 0.5) is 10.3 Å². The highest BCUT2D eigenvalue weighted by molar-refractivity contribution is 5.91. The lowest BCUT2D eigenvalue weighted by Gasteiger charge is -2.29. The summed E-state index contributed by atoms with van der Waals surface area (Å²) in [5, 5.41) is 11.7. The Labute approximate surface area is 190 Å². The molecule has 2 N–H and O–H groups in total. The number of fused-ring (bicyclic) bond motifs is 2. The molecule has 5 rings (SSSR count). The molecule has 9 heteroatoms. The lowest BCUT2D eigenvalue weighted by molar-refractivity contribution is -0.119. The van der Waals surface area contributed by atoms with E-state index in [-0.39, 0.29) is 18.0 Å². The number of ether oxygens (including phenoxy) is 1. The molecule has 170 valence electrons. The maximum absolute atomic E-state index is 15.1. The number of hydrogen-bond donors (Lipinski definition) is 2. The summed E-state index contributed by atoms with van der Waals surface area (Å²) in [6.45, 7) is 1.54. The Morgan fingerprint density at radius 3 is 2.73 bits per heavy atom. The number of benzene rings is 1. The molecular weight excluding hydrogens is 423 g/mol. The summed E-state index contributed by atoms with van der Waals surface area (Å²) >= 11 is 0. The molecule has 0 atom stereocenters. The summed E-state index contributed by atoms with van der Waals surface area (Å²) in [5.41, 5.74) is 2.40. The van der Waals surface area contributed by atoms with Crippen molar-refractivity contribution >= 4 is 28.3 Å². The van der Waals surface area contributed by atoms with Crippen LogP contribution < -0.4 is 15.4 Å². The van der Waals surface area contributed by atoms with Crippen LogP contribution in [0.1, 0.15) is 32.6 Å². The fourth-order valence-corrected chi connectivity index (χ4v) is 4.58. The first kappa shape index (κ1) is 21.1. The number of carbonyl (C=O) groups is 1. The zero-order valence-corrected chi connectivity index (χ0v) is 18.5. The van der Waals surface area contributed by atoms with Crippen LogP contribution in [0.5, 0.6) is 5.88 Å². The topological polar surface area (TPSA) is 93.4 Å². The van der Waals surface area contributed by atoms with E-state index >= 15 is 4.39 Å². The normalized spacial score (nSPS) is 18.4. The molecule has 1 aliphatic rings. The van der Waals surface area contributed by atoms with Gasteiger partial charge in [0, 0.05) is 30.6 Å². The zero-order valence-electron chi connectivity index (χ0n) is 18.5. The minimum Gasteiger partial charge on any atom is -0.479 e. The van der Waals surface area contributed by atoms with Crippen molar-refractivity contribution in [3.63, 3.8) is 0 Å². The van der Waals surface area contributed by atoms with Gasteiger partial charge in [-0.25, -0.2) is 8.91 Å². The summed E-state index contributed by atoms with van der Waals surface area (Å²) in [7, 11) is 1.52. The maximum Gasteiger partial charge on any atom is 0.244 e. The van der Waals surface area contributed by atoms with Crippen LogP contribution >= 0.6 is 0 Å². The van der Waals surface area contributed by atoms with Gasteiger partial charge in [0.15, 0.2) is 5.82 Å². The van der Waals surface area contributed by atoms with Crippen LogP contribution in [-0.4, -0.2) is 44.7 Å². The van der Waals surface area contributed by atoms with Crippen molar-refractivity contribution in [3.05, 3.63) is 48.5 Å². The highest BCUT2D eigenvalue weighted by Crippen LogP contribution is 2.35. The van der Waals surface area contributed by atoms with Crippen LogP contribution in [0, 0.1) is 5.82 Å². The highest BCUT2D eigenvalue weighted by atomic mass is 19.1. The molecule has 1 aromatic carbocycles. The van der Waals surface area contributed by atoms with Crippen molar-refractivity contribution in [2.24, 2.45) is 0 Å². The average Bonchev–Trinajstić information content (AvgIpc) is 3.14. The van der Waals surface area contributed by atoms with Crippen LogP contribution in [0.15, 0.2) is 42.7 Å². The molecule has 0 spiro atoms. The molecule has 4 aromatic rings. The van der Waals surface area contributed by atoms with E-state index in [4.69, 9.17) is 4.74 Å². The van der Waals surface area contributed by atoms with Gasteiger partial charge in [0.1, 0.15) is 5.52 Å². The molecular formula is C24H25FN6O2. The number of nitrogens with one attached hydrogen (secondary N) is 2. The number of carbonyl (C=O) groups excluding carboxylic acids is 1. The van der Waals surface area contributed by atoms with Crippen molar-refractivity contribution < 1.29 is 13.9 Å². The van der Waals surface area contributed by atoms with Crippen LogP contribution in [0.3, 0.4) is 0 Å². The lowest BCUT2D eigenvalue weighted by atomic mass is 9.91. The zero-order chi connectivity index (χ0) is 22.9. The van der Waals surface area contributed by atoms with E-state index < -0.39 is 5.82 Å². The largest absolute Gasteiger partial charge is 0.479 e. The van der Waals surface area contributed by atoms with Gasteiger partial charge in [0.25, 0.3) is 0 Å². The van der Waals surface area contributed by atoms with Gasteiger partial charge in [-0.3, -0.25) is 9.78 Å². The van der Waals surface area contributed by atoms with Crippen molar-refractivity contribution in [1.82, 2.24) is 24.9 Å². The maximum atomic E-state index is 15.1. The van der Waals surface area contributed by atoms with Gasteiger partial charge >= 0.3 is 0 Å². The lowest BCUT2D eigenvalue weighted by Crippen LogP contribution is -2.39. The Morgan fingerprint density at radius 2 is 1.97 bits per heavy atom. The van der Waals surface area contributed by atoms with E-state index in [1.165, 1.54) is 17.8 Å². The minimum atomic E-state index is -0.404. The fraction of sp³-hybridized carbons (Fsp3) is 0.333. The second-order valence-electron chi connectivity index (χ2n) is 8.39. The van der Waals surface area contributed by atoms with E-state index in [2.05, 4.69) is 25.7 Å². The summed E-state index contributed by atoms with van der Waals surface area (Å²) in [5.74, 6) is 0.271. The van der Waals surface area contributed by atoms with Gasteiger partial charge in [-0.05, 0) is 49.4 Å². The van der Waals surface area contributed by atoms with Gasteiger partial charge < -0.3 is 15.4 Å². The highest BCUT2D eigenvalue weighted by Gasteiger charge is 2.24. The molecule has 33 heavy (non-hydrogen) atoms. The number of rotatable bonds is 5. The van der Waals surface area contributed by atoms with Crippen LogP contribution in [0.25, 0.3) is 27.5 Å². The summed E-state index contributed by atoms with van der Waals surface area (Å²) in [6, 6.07) is 9.78. The first-order chi connectivity index (χ1) is 16.0. The average molecular weight is 449 g/mol. The third-order valence-corrected chi connectivity index (χ3v) is 6.11. The number of methoxy groups -OCH3 is 1. The van der Waals surface area contributed by atoms with Gasteiger partial charge in [-0.15, -0.1) is 5.10 Å². The molecule has 1 aliphatic carbocycles. The van der Waals surface area contributed by atoms with Crippen molar-refractivity contribution in [2.75, 3.05) is 12.4 Å². The number of nitrogens with zero attached hydrogens (tertiary/aromatic N) is 4. The smallest absolute Gasteiger partial charge is 0.244 e. The molecule has 0 unspecified atom stereocenters. The Bertz CT molecular complexity index is 1330. The molecule has 1 amide bonds. The molecule has 8 nitrogen and oxygen atoms in total. The van der Waals surface area contributed by atoms with Crippen molar-refractivity contribution in [1.29, 1.82) is 0 Å². The monoisotopic (exact) mass is 448 g/mol. The molecule has 1 fully saturated rings. The number of pyridine rings is 1. The SMILES string of the molecule is COc1nc(N[C@H]2CC[C@@H](NC(C)=O)CC2)nn2cc(F)c(-c3ccc4ncccc4c3)c12. The predicted octanol–water partition coefficient (Wildman–Crippen LogP) is 3.95. The third-order valence-electron chi connectivity index (χ3n) is 6.11. The number of anilines is 1. The molecule has 0 aliphatic heterocycles. The van der Waals surface area contributed by atoms with E-state index in [0.29, 0.717) is 28.5 Å². The minimum absolute atomic E-state index is 0.00181. The van der Waals surface area contributed by atoms with E-state index in [0.717, 1.165) is 36.6 Å². The number of amides is 1. The molecule has 3 aromatic heterocycles. The molecule has 0 saturated heterocycles. The van der Waals surface area contributed by atoms with Crippen molar-refractivity contribution in [2.45, 2.75) is 44.7 Å². The van der Waals surface area contributed by atoms with E-state index in [1.54, 1.807) is 13.1 Å². The number of halogens is 1. The van der Waals surface area contributed by atoms with Crippen LogP contribution in [-0.2, 0) is 4.79 Å². The number of hydrogen-bond acceptors (Lipinski definition) is 6. The van der Waals surface area contributed by atoms with E-state index in [1.807, 2.05) is 30.3 Å². The standard InChI is InChI=1S/C24H25FN6O2/c1-14(32)27-17-6-8-18(9-7-17)28-24-29-23(33-2)22-21(19(25)13-31(22)30-24)16-5-10-20-15(12-16)4-3-11-26-20/h3-5,10-13,17-18H,6-9H2,1-2H3,(H,27,32)(H,28,30)/t17-,18+. The first-order valence-corrected chi connectivity index (χ1v) is 11.0. The second-order valence-corrected chi connectivity index (χ2v) is 8.39. The molecule has 3 heterocycles. The van der Waals surface area contributed by atoms with Gasteiger partial charge in [-0.1, -0.05) is 12.1 Å². The summed E-state index contributed by atoms with van der Waals surface area (Å²) in [6.07, 6.45) is 6.61. The van der Waals surface area contributed by atoms with Gasteiger partial charge in [0.2, 0.25) is 17.7 Å². The van der Waals surface area contributed by atoms with E-state index in [9.17, 15) is 4.79 Å². The Morgan fingerprint density at radius 1 is 1.18 bits per heavy atom. The van der Waals surface area contributed by atoms with Crippen LogP contribution in [0.2, 0.25) is 0 Å². The fourth-order valence-electron chi connectivity index (χ4n) is 4.58. The van der Waals surface area contributed by atoms with Crippen molar-refractivity contribution in [3.8, 4) is 17.0 Å². The summed E-state index contributed by atoms with van der Waals surface area (Å²) < 4.78 is 22.2. The third kappa shape index (κ3) is 4.18. The summed E-state index contributed by atoms with van der Waals surface area (Å²) in [4.78, 5) is 20.1. The number of aromatic nitrogens is 4. The predicted molar refractivity (Wildman–Crippen MR) is 124 cm³/mol. The molecule has 0 bridgehead atoms. The quantitative estimate of drug-likeness (QED) is 0.480. The Hall–Kier alpha value is -3.75. The Kier molecular flexibility index (Phi) is 5.53. The second kappa shape index (κ2) is 8.65. The first-order valence-electron chi connectivity index (χ1n) is 11.0. The van der Waals surface area contributed by atoms with Gasteiger partial charge in [0.05, 0.1) is 24.4 Å². The molecule has 1 saturated carbocycles. The van der Waals surface area contributed by atoms with Gasteiger partial charge in [-0.2, -0.15) is 4.98 Å².